The summed E-state index contributed by atoms with van der Waals surface area (Å²) in [5.41, 5.74) is 1.31. The molecule has 0 aliphatic rings. The molecular weight excluding hydrogens is 334 g/mol. The number of benzene rings is 2. The minimum Gasteiger partial charge on any atom is -0.374 e. The fourth-order valence-electron chi connectivity index (χ4n) is 2.32. The van der Waals surface area contributed by atoms with E-state index in [0.717, 1.165) is 0 Å². The van der Waals surface area contributed by atoms with Gasteiger partial charge in [0.15, 0.2) is 0 Å². The maximum absolute atomic E-state index is 13.8. The topological polar surface area (TPSA) is 32.3 Å². The van der Waals surface area contributed by atoms with Crippen LogP contribution in [0.2, 0.25) is 5.02 Å². The van der Waals surface area contributed by atoms with Gasteiger partial charge in [-0.2, -0.15) is 0 Å². The zero-order valence-corrected chi connectivity index (χ0v) is 14.5. The third-order valence-electron chi connectivity index (χ3n) is 3.76. The molecule has 24 heavy (non-hydrogen) atoms. The number of nitrogens with one attached hydrogen (secondary N) is 1. The number of likely N-dealkylation sites (N-methyl/N-ethyl adjacent to an activating group) is 1. The molecule has 6 heteroatoms. The average molecular weight is 353 g/mol. The maximum Gasteiger partial charge on any atom is 0.244 e. The summed E-state index contributed by atoms with van der Waals surface area (Å²) in [4.78, 5) is 13.8. The van der Waals surface area contributed by atoms with Gasteiger partial charge in [-0.15, -0.1) is 0 Å². The number of rotatable bonds is 5. The molecule has 128 valence electrons. The van der Waals surface area contributed by atoms with Gasteiger partial charge in [0.05, 0.1) is 0 Å². The van der Waals surface area contributed by atoms with Crippen molar-refractivity contribution < 1.29 is 13.6 Å². The highest BCUT2D eigenvalue weighted by molar-refractivity contribution is 6.31. The summed E-state index contributed by atoms with van der Waals surface area (Å²) in [7, 11) is 1.57. The molecule has 2 aromatic rings. The molecule has 0 aliphatic carbocycles. The summed E-state index contributed by atoms with van der Waals surface area (Å²) >= 11 is 5.98. The number of carbonyl (C=O) groups excluding carboxylic acids is 1. The summed E-state index contributed by atoms with van der Waals surface area (Å²) in [5, 5.41) is 3.22. The van der Waals surface area contributed by atoms with Gasteiger partial charge in [0.1, 0.15) is 17.7 Å². The molecule has 0 radical (unpaired) electrons. The fourth-order valence-corrected chi connectivity index (χ4v) is 2.55. The minimum atomic E-state index is -0.595. The van der Waals surface area contributed by atoms with Gasteiger partial charge in [0.2, 0.25) is 5.91 Å². The lowest BCUT2D eigenvalue weighted by atomic mass is 10.1. The first-order valence-corrected chi connectivity index (χ1v) is 7.88. The SMILES string of the molecule is Cc1ccc(NC(C)C(=O)N(C)Cc2c(F)cccc2Cl)cc1F. The predicted molar refractivity (Wildman–Crippen MR) is 92.1 cm³/mol. The highest BCUT2D eigenvalue weighted by Crippen LogP contribution is 2.21. The number of amides is 1. The molecule has 0 aliphatic heterocycles. The Morgan fingerprint density at radius 3 is 2.58 bits per heavy atom. The molecule has 2 aromatic carbocycles. The van der Waals surface area contributed by atoms with Crippen molar-refractivity contribution in [1.82, 2.24) is 4.90 Å². The van der Waals surface area contributed by atoms with E-state index in [4.69, 9.17) is 11.6 Å². The lowest BCUT2D eigenvalue weighted by molar-refractivity contribution is -0.130. The molecule has 0 saturated carbocycles. The molecule has 0 bridgehead atoms. The van der Waals surface area contributed by atoms with Crippen molar-refractivity contribution in [2.24, 2.45) is 0 Å². The minimum absolute atomic E-state index is 0.0542. The van der Waals surface area contributed by atoms with Gasteiger partial charge in [0, 0.05) is 29.9 Å². The van der Waals surface area contributed by atoms with Crippen LogP contribution in [0.15, 0.2) is 36.4 Å². The monoisotopic (exact) mass is 352 g/mol. The molecule has 3 nitrogen and oxygen atoms in total. The molecule has 1 unspecified atom stereocenters. The van der Waals surface area contributed by atoms with E-state index in [-0.39, 0.29) is 28.9 Å². The lowest BCUT2D eigenvalue weighted by Gasteiger charge is -2.23. The van der Waals surface area contributed by atoms with Crippen LogP contribution < -0.4 is 5.32 Å². The van der Waals surface area contributed by atoms with E-state index in [0.29, 0.717) is 11.3 Å². The second-order valence-electron chi connectivity index (χ2n) is 5.72. The van der Waals surface area contributed by atoms with Gasteiger partial charge in [-0.05, 0) is 43.7 Å². The Balaban J connectivity index is 2.05. The van der Waals surface area contributed by atoms with Crippen molar-refractivity contribution >= 4 is 23.2 Å². The van der Waals surface area contributed by atoms with E-state index in [1.807, 2.05) is 0 Å². The van der Waals surface area contributed by atoms with Gasteiger partial charge in [-0.1, -0.05) is 23.7 Å². The molecule has 1 atom stereocenters. The van der Waals surface area contributed by atoms with Crippen LogP contribution in [0.1, 0.15) is 18.1 Å². The molecule has 0 saturated heterocycles. The van der Waals surface area contributed by atoms with Crippen molar-refractivity contribution in [2.45, 2.75) is 26.4 Å². The Morgan fingerprint density at radius 1 is 1.25 bits per heavy atom. The molecule has 1 N–H and O–H groups in total. The fraction of sp³-hybridized carbons (Fsp3) is 0.278. The van der Waals surface area contributed by atoms with Crippen LogP contribution in [-0.4, -0.2) is 23.9 Å². The zero-order chi connectivity index (χ0) is 17.9. The molecular formula is C18H19ClF2N2O. The van der Waals surface area contributed by atoms with E-state index in [2.05, 4.69) is 5.32 Å². The lowest BCUT2D eigenvalue weighted by Crippen LogP contribution is -2.38. The van der Waals surface area contributed by atoms with Gasteiger partial charge in [-0.25, -0.2) is 8.78 Å². The zero-order valence-electron chi connectivity index (χ0n) is 13.7. The maximum atomic E-state index is 13.8. The summed E-state index contributed by atoms with van der Waals surface area (Å²) in [5.74, 6) is -1.05. The number of nitrogens with zero attached hydrogens (tertiary/aromatic N) is 1. The molecule has 0 aromatic heterocycles. The average Bonchev–Trinajstić information content (AvgIpc) is 2.53. The van der Waals surface area contributed by atoms with E-state index < -0.39 is 11.9 Å². The van der Waals surface area contributed by atoms with Crippen molar-refractivity contribution in [3.05, 3.63) is 64.2 Å². The number of aryl methyl sites for hydroxylation is 1. The van der Waals surface area contributed by atoms with Gasteiger partial charge in [-0.3, -0.25) is 4.79 Å². The number of hydrogen-bond donors (Lipinski definition) is 1. The summed E-state index contributed by atoms with van der Waals surface area (Å²) in [6.07, 6.45) is 0. The van der Waals surface area contributed by atoms with Gasteiger partial charge < -0.3 is 10.2 Å². The third kappa shape index (κ3) is 4.23. The van der Waals surface area contributed by atoms with E-state index >= 15 is 0 Å². The van der Waals surface area contributed by atoms with Crippen LogP contribution in [0.4, 0.5) is 14.5 Å². The van der Waals surface area contributed by atoms with Gasteiger partial charge >= 0.3 is 0 Å². The van der Waals surface area contributed by atoms with Crippen molar-refractivity contribution in [3.8, 4) is 0 Å². The first-order chi connectivity index (χ1) is 11.3. The second kappa shape index (κ2) is 7.62. The highest BCUT2D eigenvalue weighted by Gasteiger charge is 2.20. The molecule has 2 rings (SSSR count). The Kier molecular flexibility index (Phi) is 5.78. The summed E-state index contributed by atoms with van der Waals surface area (Å²) in [6, 6.07) is 8.48. The van der Waals surface area contributed by atoms with Crippen molar-refractivity contribution in [2.75, 3.05) is 12.4 Å². The Labute approximate surface area is 145 Å². The van der Waals surface area contributed by atoms with E-state index in [9.17, 15) is 13.6 Å². The number of halogens is 3. The largest absolute Gasteiger partial charge is 0.374 e. The molecule has 0 fully saturated rings. The number of carbonyl (C=O) groups is 1. The first-order valence-electron chi connectivity index (χ1n) is 7.50. The van der Waals surface area contributed by atoms with Crippen LogP contribution in [0.25, 0.3) is 0 Å². The first kappa shape index (κ1) is 18.2. The standard InChI is InChI=1S/C18H19ClF2N2O/c1-11-7-8-13(9-17(11)21)22-12(2)18(24)23(3)10-14-15(19)5-4-6-16(14)20/h4-9,12,22H,10H2,1-3H3. The number of anilines is 1. The Hall–Kier alpha value is -2.14. The number of hydrogen-bond acceptors (Lipinski definition) is 2. The normalized spacial score (nSPS) is 11.9. The molecule has 0 spiro atoms. The Morgan fingerprint density at radius 2 is 1.96 bits per heavy atom. The van der Waals surface area contributed by atoms with Crippen LogP contribution in [0.3, 0.4) is 0 Å². The highest BCUT2D eigenvalue weighted by atomic mass is 35.5. The Bertz CT molecular complexity index is 732. The molecule has 1 amide bonds. The third-order valence-corrected chi connectivity index (χ3v) is 4.11. The summed E-state index contributed by atoms with van der Waals surface area (Å²) in [6.45, 7) is 3.39. The smallest absolute Gasteiger partial charge is 0.244 e. The van der Waals surface area contributed by atoms with Gasteiger partial charge in [0.25, 0.3) is 0 Å². The van der Waals surface area contributed by atoms with Crippen LogP contribution in [0.5, 0.6) is 0 Å². The van der Waals surface area contributed by atoms with Crippen molar-refractivity contribution in [1.29, 1.82) is 0 Å². The summed E-state index contributed by atoms with van der Waals surface area (Å²) < 4.78 is 27.4. The van der Waals surface area contributed by atoms with Crippen LogP contribution >= 0.6 is 11.6 Å². The van der Waals surface area contributed by atoms with Crippen LogP contribution in [0, 0.1) is 18.6 Å². The van der Waals surface area contributed by atoms with Crippen LogP contribution in [-0.2, 0) is 11.3 Å². The predicted octanol–water partition coefficient (Wildman–Crippen LogP) is 4.39. The second-order valence-corrected chi connectivity index (χ2v) is 6.13. The molecule has 0 heterocycles. The van der Waals surface area contributed by atoms with E-state index in [1.165, 1.54) is 23.1 Å². The quantitative estimate of drug-likeness (QED) is 0.865. The van der Waals surface area contributed by atoms with Crippen molar-refractivity contribution in [3.63, 3.8) is 0 Å². The van der Waals surface area contributed by atoms with E-state index in [1.54, 1.807) is 39.1 Å².